The molecule has 1 atom stereocenters. The third kappa shape index (κ3) is 4.14. The lowest BCUT2D eigenvalue weighted by Gasteiger charge is -2.25. The lowest BCUT2D eigenvalue weighted by Crippen LogP contribution is -2.39. The summed E-state index contributed by atoms with van der Waals surface area (Å²) in [5, 5.41) is 0.836. The topological polar surface area (TPSA) is 80.9 Å². The SMILES string of the molecule is O=C(C1CCCO1)N(Cc1ccccc1)Cc1cc2cc3c(cc2[nH]c1=O)OCCO3. The predicted molar refractivity (Wildman–Crippen MR) is 115 cm³/mol. The van der Waals surface area contributed by atoms with Gasteiger partial charge in [0.15, 0.2) is 11.5 Å². The molecule has 1 fully saturated rings. The Balaban J connectivity index is 1.47. The molecular formula is C24H24N2O5. The minimum absolute atomic E-state index is 0.0805. The van der Waals surface area contributed by atoms with Gasteiger partial charge in [0, 0.05) is 30.2 Å². The summed E-state index contributed by atoms with van der Waals surface area (Å²) in [6.45, 7) is 2.20. The van der Waals surface area contributed by atoms with Crippen LogP contribution in [0, 0.1) is 0 Å². The second kappa shape index (κ2) is 8.43. The van der Waals surface area contributed by atoms with Crippen LogP contribution in [-0.2, 0) is 22.6 Å². The molecule has 3 heterocycles. The Morgan fingerprint density at radius 3 is 2.52 bits per heavy atom. The molecule has 2 aliphatic rings. The van der Waals surface area contributed by atoms with Gasteiger partial charge in [0.25, 0.3) is 11.5 Å². The quantitative estimate of drug-likeness (QED) is 0.686. The fourth-order valence-electron chi connectivity index (χ4n) is 4.10. The number of carbonyl (C=O) groups is 1. The van der Waals surface area contributed by atoms with Crippen molar-refractivity contribution in [3.63, 3.8) is 0 Å². The molecule has 0 aliphatic carbocycles. The summed E-state index contributed by atoms with van der Waals surface area (Å²) in [5.74, 6) is 1.21. The van der Waals surface area contributed by atoms with Crippen LogP contribution >= 0.6 is 0 Å². The largest absolute Gasteiger partial charge is 0.486 e. The third-order valence-electron chi connectivity index (χ3n) is 5.68. The zero-order valence-electron chi connectivity index (χ0n) is 17.1. The van der Waals surface area contributed by atoms with Gasteiger partial charge < -0.3 is 24.1 Å². The number of H-pyrrole nitrogens is 1. The summed E-state index contributed by atoms with van der Waals surface area (Å²) in [5.41, 5.74) is 1.98. The molecule has 7 heteroatoms. The van der Waals surface area contributed by atoms with Crippen LogP contribution in [0.3, 0.4) is 0 Å². The molecule has 160 valence electrons. The normalized spacial score (nSPS) is 17.6. The van der Waals surface area contributed by atoms with Crippen molar-refractivity contribution in [2.24, 2.45) is 0 Å². The molecule has 0 bridgehead atoms. The number of benzene rings is 2. The van der Waals surface area contributed by atoms with E-state index in [-0.39, 0.29) is 18.0 Å². The summed E-state index contributed by atoms with van der Waals surface area (Å²) in [6, 6.07) is 15.3. The molecule has 0 radical (unpaired) electrons. The van der Waals surface area contributed by atoms with Crippen molar-refractivity contribution in [2.45, 2.75) is 32.0 Å². The maximum Gasteiger partial charge on any atom is 0.253 e. The number of pyridine rings is 1. The number of nitrogens with zero attached hydrogens (tertiary/aromatic N) is 1. The maximum atomic E-state index is 13.2. The number of aromatic nitrogens is 1. The van der Waals surface area contributed by atoms with Crippen LogP contribution in [0.25, 0.3) is 10.9 Å². The van der Waals surface area contributed by atoms with E-state index in [0.717, 1.165) is 17.4 Å². The van der Waals surface area contributed by atoms with Gasteiger partial charge >= 0.3 is 0 Å². The first-order valence-electron chi connectivity index (χ1n) is 10.6. The smallest absolute Gasteiger partial charge is 0.253 e. The first-order valence-corrected chi connectivity index (χ1v) is 10.6. The number of hydrogen-bond donors (Lipinski definition) is 1. The molecule has 2 aromatic carbocycles. The summed E-state index contributed by atoms with van der Waals surface area (Å²) in [6.07, 6.45) is 1.14. The molecule has 3 aromatic rings. The zero-order chi connectivity index (χ0) is 21.2. The zero-order valence-corrected chi connectivity index (χ0v) is 17.1. The molecule has 1 N–H and O–H groups in total. The molecule has 1 saturated heterocycles. The minimum Gasteiger partial charge on any atom is -0.486 e. The molecule has 1 amide bonds. The number of fused-ring (bicyclic) bond motifs is 2. The number of rotatable bonds is 5. The van der Waals surface area contributed by atoms with Crippen molar-refractivity contribution in [3.8, 4) is 11.5 Å². The Morgan fingerprint density at radius 1 is 1.00 bits per heavy atom. The fourth-order valence-corrected chi connectivity index (χ4v) is 4.10. The second-order valence-corrected chi connectivity index (χ2v) is 7.89. The van der Waals surface area contributed by atoms with E-state index < -0.39 is 6.10 Å². The monoisotopic (exact) mass is 420 g/mol. The van der Waals surface area contributed by atoms with Crippen LogP contribution in [0.4, 0.5) is 0 Å². The van der Waals surface area contributed by atoms with E-state index in [1.54, 1.807) is 11.0 Å². The summed E-state index contributed by atoms with van der Waals surface area (Å²) < 4.78 is 16.9. The third-order valence-corrected chi connectivity index (χ3v) is 5.68. The van der Waals surface area contributed by atoms with Crippen LogP contribution in [0.2, 0.25) is 0 Å². The Labute approximate surface area is 179 Å². The number of nitrogens with one attached hydrogen (secondary N) is 1. The molecule has 0 spiro atoms. The van der Waals surface area contributed by atoms with Gasteiger partial charge in [-0.2, -0.15) is 0 Å². The highest BCUT2D eigenvalue weighted by Gasteiger charge is 2.29. The lowest BCUT2D eigenvalue weighted by molar-refractivity contribution is -0.142. The van der Waals surface area contributed by atoms with E-state index in [4.69, 9.17) is 14.2 Å². The van der Waals surface area contributed by atoms with Crippen molar-refractivity contribution >= 4 is 16.8 Å². The number of aromatic amines is 1. The first-order chi connectivity index (χ1) is 15.2. The van der Waals surface area contributed by atoms with Crippen molar-refractivity contribution < 1.29 is 19.0 Å². The molecule has 7 nitrogen and oxygen atoms in total. The summed E-state index contributed by atoms with van der Waals surface area (Å²) >= 11 is 0. The average Bonchev–Trinajstić information content (AvgIpc) is 3.33. The highest BCUT2D eigenvalue weighted by Crippen LogP contribution is 2.33. The van der Waals surface area contributed by atoms with Gasteiger partial charge in [-0.3, -0.25) is 9.59 Å². The van der Waals surface area contributed by atoms with Gasteiger partial charge in [-0.25, -0.2) is 0 Å². The first kappa shape index (κ1) is 19.6. The number of carbonyl (C=O) groups excluding carboxylic acids is 1. The van der Waals surface area contributed by atoms with E-state index in [1.807, 2.05) is 42.5 Å². The molecule has 0 saturated carbocycles. The van der Waals surface area contributed by atoms with Crippen molar-refractivity contribution in [3.05, 3.63) is 70.0 Å². The standard InChI is InChI=1S/C24H24N2O5/c27-23-18(11-17-12-21-22(13-19(17)25-23)31-10-9-30-21)15-26(14-16-5-2-1-3-6-16)24(28)20-7-4-8-29-20/h1-3,5-6,11-13,20H,4,7-10,14-15H2,(H,25,27). The van der Waals surface area contributed by atoms with E-state index in [0.29, 0.717) is 55.4 Å². The maximum absolute atomic E-state index is 13.2. The highest BCUT2D eigenvalue weighted by atomic mass is 16.6. The van der Waals surface area contributed by atoms with Crippen LogP contribution in [0.5, 0.6) is 11.5 Å². The summed E-state index contributed by atoms with van der Waals surface area (Å²) in [4.78, 5) is 30.6. The van der Waals surface area contributed by atoms with E-state index in [9.17, 15) is 9.59 Å². The second-order valence-electron chi connectivity index (χ2n) is 7.89. The highest BCUT2D eigenvalue weighted by molar-refractivity contribution is 5.84. The molecule has 5 rings (SSSR count). The van der Waals surface area contributed by atoms with Gasteiger partial charge in [-0.15, -0.1) is 0 Å². The van der Waals surface area contributed by atoms with Crippen molar-refractivity contribution in [2.75, 3.05) is 19.8 Å². The van der Waals surface area contributed by atoms with E-state index in [1.165, 1.54) is 0 Å². The number of ether oxygens (including phenoxy) is 3. The van der Waals surface area contributed by atoms with E-state index in [2.05, 4.69) is 4.98 Å². The molecule has 31 heavy (non-hydrogen) atoms. The Bertz CT molecular complexity index is 1150. The Kier molecular flexibility index (Phi) is 5.34. The number of hydrogen-bond acceptors (Lipinski definition) is 5. The van der Waals surface area contributed by atoms with Gasteiger partial charge in [-0.1, -0.05) is 30.3 Å². The Hall–Kier alpha value is -3.32. The summed E-state index contributed by atoms with van der Waals surface area (Å²) in [7, 11) is 0. The van der Waals surface area contributed by atoms with Gasteiger partial charge in [-0.05, 0) is 30.5 Å². The van der Waals surface area contributed by atoms with Gasteiger partial charge in [0.1, 0.15) is 19.3 Å². The molecule has 1 aromatic heterocycles. The molecule has 2 aliphatic heterocycles. The van der Waals surface area contributed by atoms with E-state index >= 15 is 0 Å². The predicted octanol–water partition coefficient (Wildman–Crippen LogP) is 3.01. The molecule has 1 unspecified atom stereocenters. The van der Waals surface area contributed by atoms with Crippen LogP contribution in [-0.4, -0.2) is 41.7 Å². The van der Waals surface area contributed by atoms with Crippen LogP contribution < -0.4 is 15.0 Å². The average molecular weight is 420 g/mol. The van der Waals surface area contributed by atoms with Gasteiger partial charge in [0.05, 0.1) is 12.1 Å². The fraction of sp³-hybridized carbons (Fsp3) is 0.333. The number of amides is 1. The Morgan fingerprint density at radius 2 is 1.77 bits per heavy atom. The van der Waals surface area contributed by atoms with Crippen molar-refractivity contribution in [1.29, 1.82) is 0 Å². The van der Waals surface area contributed by atoms with Crippen LogP contribution in [0.1, 0.15) is 24.0 Å². The molecular weight excluding hydrogens is 396 g/mol. The van der Waals surface area contributed by atoms with Gasteiger partial charge in [0.2, 0.25) is 0 Å². The lowest BCUT2D eigenvalue weighted by atomic mass is 10.1. The van der Waals surface area contributed by atoms with Crippen molar-refractivity contribution in [1.82, 2.24) is 9.88 Å². The van der Waals surface area contributed by atoms with Crippen LogP contribution in [0.15, 0.2) is 53.3 Å². The minimum atomic E-state index is -0.444.